The molecule has 0 atom stereocenters. The highest BCUT2D eigenvalue weighted by Crippen LogP contribution is 2.13. The number of ether oxygens (including phenoxy) is 1. The summed E-state index contributed by atoms with van der Waals surface area (Å²) in [7, 11) is 0. The molecule has 1 rings (SSSR count). The minimum Gasteiger partial charge on any atom is -0.498 e. The van der Waals surface area contributed by atoms with Gasteiger partial charge in [-0.15, -0.1) is 0 Å². The van der Waals surface area contributed by atoms with Crippen LogP contribution in [0.25, 0.3) is 0 Å². The van der Waals surface area contributed by atoms with E-state index < -0.39 is 11.6 Å². The van der Waals surface area contributed by atoms with Gasteiger partial charge in [0.15, 0.2) is 0 Å². The zero-order valence-corrected chi connectivity index (χ0v) is 8.02. The van der Waals surface area contributed by atoms with Crippen molar-refractivity contribution in [3.05, 3.63) is 47.7 Å². The third-order valence-corrected chi connectivity index (χ3v) is 1.75. The maximum atomic E-state index is 13.1. The molecule has 14 heavy (non-hydrogen) atoms. The van der Waals surface area contributed by atoms with Crippen molar-refractivity contribution in [2.75, 3.05) is 6.61 Å². The van der Waals surface area contributed by atoms with E-state index in [4.69, 9.17) is 4.74 Å². The van der Waals surface area contributed by atoms with Gasteiger partial charge in [-0.3, -0.25) is 0 Å². The van der Waals surface area contributed by atoms with E-state index in [1.54, 1.807) is 0 Å². The number of rotatable bonds is 4. The van der Waals surface area contributed by atoms with E-state index in [-0.39, 0.29) is 6.42 Å². The molecule has 76 valence electrons. The Labute approximate surface area is 82.0 Å². The van der Waals surface area contributed by atoms with Crippen LogP contribution in [-0.2, 0) is 11.2 Å². The van der Waals surface area contributed by atoms with Crippen LogP contribution >= 0.6 is 0 Å². The van der Waals surface area contributed by atoms with Crippen molar-refractivity contribution in [2.24, 2.45) is 0 Å². The summed E-state index contributed by atoms with van der Waals surface area (Å²) in [4.78, 5) is 0. The second-order valence-electron chi connectivity index (χ2n) is 2.88. The number of allylic oxidation sites excluding steroid dienone is 1. The van der Waals surface area contributed by atoms with Gasteiger partial charge in [0.25, 0.3) is 0 Å². The molecule has 0 saturated heterocycles. The van der Waals surface area contributed by atoms with Gasteiger partial charge in [-0.05, 0) is 18.6 Å². The summed E-state index contributed by atoms with van der Waals surface area (Å²) < 4.78 is 30.7. The van der Waals surface area contributed by atoms with Gasteiger partial charge in [0.2, 0.25) is 0 Å². The standard InChI is InChI=1S/C11H12F2O/c1-3-14-8(2)6-9-4-5-10(12)7-11(9)13/h4-5,7H,2-3,6H2,1H3. The van der Waals surface area contributed by atoms with Crippen molar-refractivity contribution >= 4 is 0 Å². The lowest BCUT2D eigenvalue weighted by Crippen LogP contribution is -1.97. The lowest BCUT2D eigenvalue weighted by atomic mass is 10.1. The minimum absolute atomic E-state index is 0.278. The van der Waals surface area contributed by atoms with Gasteiger partial charge in [-0.2, -0.15) is 0 Å². The van der Waals surface area contributed by atoms with Crippen LogP contribution in [0.3, 0.4) is 0 Å². The van der Waals surface area contributed by atoms with Crippen LogP contribution in [0.5, 0.6) is 0 Å². The first-order valence-corrected chi connectivity index (χ1v) is 4.38. The van der Waals surface area contributed by atoms with Crippen LogP contribution in [0.4, 0.5) is 8.78 Å². The van der Waals surface area contributed by atoms with Gasteiger partial charge in [0.05, 0.1) is 12.4 Å². The Morgan fingerprint density at radius 3 is 2.71 bits per heavy atom. The lowest BCUT2D eigenvalue weighted by molar-refractivity contribution is 0.224. The monoisotopic (exact) mass is 198 g/mol. The second kappa shape index (κ2) is 4.74. The predicted molar refractivity (Wildman–Crippen MR) is 50.8 cm³/mol. The second-order valence-corrected chi connectivity index (χ2v) is 2.88. The Kier molecular flexibility index (Phi) is 3.63. The normalized spacial score (nSPS) is 9.93. The van der Waals surface area contributed by atoms with Crippen molar-refractivity contribution in [1.29, 1.82) is 0 Å². The van der Waals surface area contributed by atoms with Gasteiger partial charge in [0, 0.05) is 12.5 Å². The third kappa shape index (κ3) is 2.83. The summed E-state index contributed by atoms with van der Waals surface area (Å²) >= 11 is 0. The molecule has 0 fully saturated rings. The van der Waals surface area contributed by atoms with E-state index in [0.717, 1.165) is 6.07 Å². The molecule has 0 saturated carbocycles. The number of hydrogen-bond acceptors (Lipinski definition) is 1. The van der Waals surface area contributed by atoms with E-state index in [9.17, 15) is 8.78 Å². The van der Waals surface area contributed by atoms with Gasteiger partial charge >= 0.3 is 0 Å². The summed E-state index contributed by atoms with van der Waals surface area (Å²) in [6.07, 6.45) is 0.278. The fourth-order valence-electron chi connectivity index (χ4n) is 1.13. The van der Waals surface area contributed by atoms with Crippen LogP contribution in [0.1, 0.15) is 12.5 Å². The SMILES string of the molecule is C=C(Cc1ccc(F)cc1F)OCC. The summed E-state index contributed by atoms with van der Waals surface area (Å²) in [5.74, 6) is -0.655. The summed E-state index contributed by atoms with van der Waals surface area (Å²) in [6.45, 7) is 5.95. The molecule has 1 nitrogen and oxygen atoms in total. The van der Waals surface area contributed by atoms with Gasteiger partial charge in [0.1, 0.15) is 11.6 Å². The lowest BCUT2D eigenvalue weighted by Gasteiger charge is -2.07. The van der Waals surface area contributed by atoms with Crippen LogP contribution < -0.4 is 0 Å². The van der Waals surface area contributed by atoms with Crippen molar-refractivity contribution in [2.45, 2.75) is 13.3 Å². The zero-order chi connectivity index (χ0) is 10.6. The van der Waals surface area contributed by atoms with Crippen molar-refractivity contribution < 1.29 is 13.5 Å². The smallest absolute Gasteiger partial charge is 0.129 e. The first-order valence-electron chi connectivity index (χ1n) is 4.38. The van der Waals surface area contributed by atoms with Crippen molar-refractivity contribution in [3.63, 3.8) is 0 Å². The first kappa shape index (κ1) is 10.7. The molecule has 0 aliphatic heterocycles. The fourth-order valence-corrected chi connectivity index (χ4v) is 1.13. The van der Waals surface area contributed by atoms with E-state index in [1.165, 1.54) is 12.1 Å². The van der Waals surface area contributed by atoms with Gasteiger partial charge < -0.3 is 4.74 Å². The molecular formula is C11H12F2O. The molecule has 0 spiro atoms. The maximum Gasteiger partial charge on any atom is 0.129 e. The maximum absolute atomic E-state index is 13.1. The molecular weight excluding hydrogens is 186 g/mol. The predicted octanol–water partition coefficient (Wildman–Crippen LogP) is 3.06. The third-order valence-electron chi connectivity index (χ3n) is 1.75. The topological polar surface area (TPSA) is 9.23 Å². The Balaban J connectivity index is 2.72. The summed E-state index contributed by atoms with van der Waals surface area (Å²) in [6, 6.07) is 3.47. The van der Waals surface area contributed by atoms with Crippen LogP contribution in [0, 0.1) is 11.6 Å². The van der Waals surface area contributed by atoms with E-state index in [0.29, 0.717) is 17.9 Å². The first-order chi connectivity index (χ1) is 6.63. The van der Waals surface area contributed by atoms with E-state index in [2.05, 4.69) is 6.58 Å². The number of hydrogen-bond donors (Lipinski definition) is 0. The average Bonchev–Trinajstić information content (AvgIpc) is 2.10. The van der Waals surface area contributed by atoms with Crippen molar-refractivity contribution in [3.8, 4) is 0 Å². The summed E-state index contributed by atoms with van der Waals surface area (Å²) in [5, 5.41) is 0. The van der Waals surface area contributed by atoms with Crippen LogP contribution in [0.15, 0.2) is 30.5 Å². The van der Waals surface area contributed by atoms with E-state index in [1.807, 2.05) is 6.92 Å². The molecule has 0 heterocycles. The molecule has 1 aromatic rings. The molecule has 0 aliphatic rings. The van der Waals surface area contributed by atoms with E-state index >= 15 is 0 Å². The molecule has 3 heteroatoms. The number of benzene rings is 1. The fraction of sp³-hybridized carbons (Fsp3) is 0.273. The minimum atomic E-state index is -0.576. The largest absolute Gasteiger partial charge is 0.498 e. The highest BCUT2D eigenvalue weighted by atomic mass is 19.1. The Morgan fingerprint density at radius 1 is 1.43 bits per heavy atom. The zero-order valence-electron chi connectivity index (χ0n) is 8.02. The Morgan fingerprint density at radius 2 is 2.14 bits per heavy atom. The molecule has 0 aliphatic carbocycles. The Hall–Kier alpha value is -1.38. The molecule has 0 amide bonds. The quantitative estimate of drug-likeness (QED) is 0.675. The molecule has 1 aromatic carbocycles. The highest BCUT2D eigenvalue weighted by molar-refractivity contribution is 5.21. The molecule has 0 aromatic heterocycles. The number of halogens is 2. The van der Waals surface area contributed by atoms with Gasteiger partial charge in [-0.1, -0.05) is 12.6 Å². The van der Waals surface area contributed by atoms with Crippen LogP contribution in [-0.4, -0.2) is 6.61 Å². The molecule has 0 N–H and O–H groups in total. The van der Waals surface area contributed by atoms with Gasteiger partial charge in [-0.25, -0.2) is 8.78 Å². The Bertz CT molecular complexity index is 334. The van der Waals surface area contributed by atoms with Crippen LogP contribution in [0.2, 0.25) is 0 Å². The molecule has 0 radical (unpaired) electrons. The molecule has 0 unspecified atom stereocenters. The molecule has 0 bridgehead atoms. The van der Waals surface area contributed by atoms with Crippen molar-refractivity contribution in [1.82, 2.24) is 0 Å². The summed E-state index contributed by atoms with van der Waals surface area (Å²) in [5.41, 5.74) is 0.393. The average molecular weight is 198 g/mol. The highest BCUT2D eigenvalue weighted by Gasteiger charge is 2.05.